The van der Waals surface area contributed by atoms with E-state index in [4.69, 9.17) is 16.3 Å². The lowest BCUT2D eigenvalue weighted by atomic mass is 9.64. The molecule has 0 radical (unpaired) electrons. The van der Waals surface area contributed by atoms with Crippen molar-refractivity contribution in [1.29, 1.82) is 0 Å². The average molecular weight is 457 g/mol. The van der Waals surface area contributed by atoms with E-state index in [9.17, 15) is 18.3 Å². The van der Waals surface area contributed by atoms with Crippen molar-refractivity contribution in [3.63, 3.8) is 0 Å². The summed E-state index contributed by atoms with van der Waals surface area (Å²) in [5, 5.41) is 17.8. The minimum absolute atomic E-state index is 0.0543. The number of aliphatic hydroxyl groups is 1. The predicted octanol–water partition coefficient (Wildman–Crippen LogP) is 4.34. The molecule has 178 valence electrons. The number of rotatable bonds is 10. The van der Waals surface area contributed by atoms with Crippen molar-refractivity contribution in [2.75, 3.05) is 33.3 Å². The molecule has 2 aliphatic carbocycles. The zero-order valence-electron chi connectivity index (χ0n) is 18.6. The van der Waals surface area contributed by atoms with Gasteiger partial charge in [-0.2, -0.15) is 13.2 Å². The van der Waals surface area contributed by atoms with E-state index in [0.717, 1.165) is 65.1 Å². The third-order valence-corrected chi connectivity index (χ3v) is 7.54. The lowest BCUT2D eigenvalue weighted by molar-refractivity contribution is -0.191. The van der Waals surface area contributed by atoms with Gasteiger partial charge in [-0.3, -0.25) is 0 Å². The van der Waals surface area contributed by atoms with Gasteiger partial charge in [0.1, 0.15) is 0 Å². The molecule has 2 aliphatic rings. The Bertz CT molecular complexity index is 491. The molecule has 0 aromatic heterocycles. The van der Waals surface area contributed by atoms with Crippen LogP contribution in [0, 0.1) is 23.7 Å². The van der Waals surface area contributed by atoms with Crippen LogP contribution in [0.15, 0.2) is 0 Å². The molecule has 8 heteroatoms. The summed E-state index contributed by atoms with van der Waals surface area (Å²) in [5.41, 5.74) is -0.690. The molecule has 2 saturated carbocycles. The predicted molar refractivity (Wildman–Crippen MR) is 115 cm³/mol. The van der Waals surface area contributed by atoms with Crippen LogP contribution in [0.3, 0.4) is 0 Å². The Balaban J connectivity index is 2.02. The summed E-state index contributed by atoms with van der Waals surface area (Å²) < 4.78 is 44.2. The summed E-state index contributed by atoms with van der Waals surface area (Å²) in [6, 6.07) is 0. The van der Waals surface area contributed by atoms with Crippen molar-refractivity contribution in [1.82, 2.24) is 10.6 Å². The van der Waals surface area contributed by atoms with Gasteiger partial charge in [0.25, 0.3) is 0 Å². The highest BCUT2D eigenvalue weighted by Gasteiger charge is 2.47. The van der Waals surface area contributed by atoms with E-state index in [0.29, 0.717) is 6.42 Å². The van der Waals surface area contributed by atoms with Crippen LogP contribution in [0.25, 0.3) is 0 Å². The van der Waals surface area contributed by atoms with Crippen LogP contribution < -0.4 is 10.6 Å². The fourth-order valence-electron chi connectivity index (χ4n) is 5.24. The topological polar surface area (TPSA) is 53.5 Å². The van der Waals surface area contributed by atoms with Crippen molar-refractivity contribution < 1.29 is 23.0 Å². The lowest BCUT2D eigenvalue weighted by Crippen LogP contribution is -2.52. The number of alkyl halides is 4. The highest BCUT2D eigenvalue weighted by Crippen LogP contribution is 2.45. The van der Waals surface area contributed by atoms with Gasteiger partial charge in [0.15, 0.2) is 0 Å². The van der Waals surface area contributed by atoms with Gasteiger partial charge in [-0.05, 0) is 44.6 Å². The van der Waals surface area contributed by atoms with Crippen molar-refractivity contribution >= 4 is 11.6 Å². The molecule has 0 bridgehead atoms. The second-order valence-corrected chi connectivity index (χ2v) is 10.1. The molecule has 3 unspecified atom stereocenters. The maximum Gasteiger partial charge on any atom is 0.393 e. The monoisotopic (exact) mass is 456 g/mol. The van der Waals surface area contributed by atoms with Crippen LogP contribution in [0.2, 0.25) is 0 Å². The fourth-order valence-corrected chi connectivity index (χ4v) is 5.79. The molecule has 0 saturated heterocycles. The first-order valence-electron chi connectivity index (χ1n) is 11.5. The third-order valence-electron chi connectivity index (χ3n) is 7.11. The summed E-state index contributed by atoms with van der Waals surface area (Å²) >= 11 is 6.66. The number of ether oxygens (including phenoxy) is 1. The third kappa shape index (κ3) is 7.22. The molecule has 4 nitrogen and oxygen atoms in total. The number of halogens is 4. The van der Waals surface area contributed by atoms with Gasteiger partial charge in [-0.15, -0.1) is 11.6 Å². The normalized spacial score (nSPS) is 32.0. The van der Waals surface area contributed by atoms with E-state index in [1.165, 1.54) is 0 Å². The number of hydrogen-bond acceptors (Lipinski definition) is 4. The van der Waals surface area contributed by atoms with Crippen molar-refractivity contribution in [3.05, 3.63) is 0 Å². The van der Waals surface area contributed by atoms with E-state index in [1.54, 1.807) is 0 Å². The van der Waals surface area contributed by atoms with E-state index in [1.807, 2.05) is 14.0 Å². The quantitative estimate of drug-likeness (QED) is 0.338. The maximum atomic E-state index is 12.8. The van der Waals surface area contributed by atoms with Gasteiger partial charge >= 0.3 is 6.18 Å². The highest BCUT2D eigenvalue weighted by molar-refractivity contribution is 6.21. The molecular formula is C22H40ClF3N2O2. The smallest absolute Gasteiger partial charge is 0.390 e. The van der Waals surface area contributed by atoms with Gasteiger partial charge in [0.05, 0.1) is 29.6 Å². The minimum atomic E-state index is -4.25. The van der Waals surface area contributed by atoms with Gasteiger partial charge in [-0.1, -0.05) is 33.1 Å². The molecule has 6 atom stereocenters. The van der Waals surface area contributed by atoms with E-state index >= 15 is 0 Å². The zero-order valence-corrected chi connectivity index (χ0v) is 19.4. The molecule has 0 aromatic carbocycles. The molecular weight excluding hydrogens is 417 g/mol. The molecule has 0 aliphatic heterocycles. The van der Waals surface area contributed by atoms with Crippen molar-refractivity contribution in [2.45, 2.75) is 82.1 Å². The highest BCUT2D eigenvalue weighted by atomic mass is 35.5. The number of nitrogens with one attached hydrogen (secondary N) is 2. The van der Waals surface area contributed by atoms with Crippen LogP contribution in [0.5, 0.6) is 0 Å². The van der Waals surface area contributed by atoms with Gasteiger partial charge < -0.3 is 20.5 Å². The van der Waals surface area contributed by atoms with E-state index in [-0.39, 0.29) is 35.8 Å². The van der Waals surface area contributed by atoms with Crippen LogP contribution in [-0.2, 0) is 4.74 Å². The fraction of sp³-hybridized carbons (Fsp3) is 1.00. The maximum absolute atomic E-state index is 12.8. The summed E-state index contributed by atoms with van der Waals surface area (Å²) in [4.78, 5) is 0. The Morgan fingerprint density at radius 2 is 1.83 bits per heavy atom. The van der Waals surface area contributed by atoms with Gasteiger partial charge in [-0.25, -0.2) is 0 Å². The lowest BCUT2D eigenvalue weighted by Gasteiger charge is -2.48. The first-order valence-corrected chi connectivity index (χ1v) is 11.9. The summed E-state index contributed by atoms with van der Waals surface area (Å²) in [6.07, 6.45) is 1.71. The SMILES string of the molecule is CNCCNCC([C@@H]1CC(Cl)C(OC[C@H](C)C(F)(F)F)[C@H](C)C1)C1(O)CCCCC1. The number of likely N-dealkylation sites (N-methyl/N-ethyl adjacent to an activating group) is 1. The van der Waals surface area contributed by atoms with E-state index < -0.39 is 17.7 Å². The first kappa shape index (κ1) is 26.2. The van der Waals surface area contributed by atoms with Crippen LogP contribution in [0.1, 0.15) is 58.8 Å². The molecule has 0 aromatic rings. The van der Waals surface area contributed by atoms with Crippen molar-refractivity contribution in [3.8, 4) is 0 Å². The zero-order chi connectivity index (χ0) is 22.4. The van der Waals surface area contributed by atoms with Crippen LogP contribution in [-0.4, -0.2) is 61.7 Å². The first-order chi connectivity index (χ1) is 14.1. The summed E-state index contributed by atoms with van der Waals surface area (Å²) in [5.74, 6) is -1.13. The minimum Gasteiger partial charge on any atom is -0.390 e. The molecule has 2 rings (SSSR count). The molecule has 0 heterocycles. The number of hydrogen-bond donors (Lipinski definition) is 3. The molecule has 0 spiro atoms. The Labute approximate surface area is 184 Å². The Kier molecular flexibility index (Phi) is 10.2. The van der Waals surface area contributed by atoms with Crippen molar-refractivity contribution in [2.24, 2.45) is 23.7 Å². The largest absolute Gasteiger partial charge is 0.393 e. The molecule has 3 N–H and O–H groups in total. The molecule has 2 fully saturated rings. The molecule has 30 heavy (non-hydrogen) atoms. The van der Waals surface area contributed by atoms with E-state index in [2.05, 4.69) is 10.6 Å². The summed E-state index contributed by atoms with van der Waals surface area (Å²) in [6.45, 7) is 5.22. The second-order valence-electron chi connectivity index (χ2n) is 9.54. The second kappa shape index (κ2) is 11.7. The van der Waals surface area contributed by atoms with Crippen LogP contribution in [0.4, 0.5) is 13.2 Å². The Morgan fingerprint density at radius 3 is 2.40 bits per heavy atom. The van der Waals surface area contributed by atoms with Gasteiger partial charge in [0, 0.05) is 25.6 Å². The summed E-state index contributed by atoms with van der Waals surface area (Å²) in [7, 11) is 1.91. The Hall–Kier alpha value is -0.0800. The Morgan fingerprint density at radius 1 is 1.17 bits per heavy atom. The standard InChI is InChI=1S/C22H40ClF3N2O2/c1-15-11-17(12-19(23)20(15)30-14-16(2)22(24,25)26)18(13-28-10-9-27-3)21(29)7-5-4-6-8-21/h15-20,27-29H,4-14H2,1-3H3/t15-,16+,17+,18?,19?,20?/m1/s1. The average Bonchev–Trinajstić information content (AvgIpc) is 2.66. The van der Waals surface area contributed by atoms with Crippen LogP contribution >= 0.6 is 11.6 Å². The van der Waals surface area contributed by atoms with Gasteiger partial charge in [0.2, 0.25) is 0 Å². The molecule has 0 amide bonds.